The molecule has 0 amide bonds. The standard InChI is InChI=1S/C15H17N5O3S/c1-11-18-15(19-23-11)8-12-4-3-7-20(10-12)24(21,22)14-5-2-6-17-13(14)9-16/h2,5-6,12H,3-4,7-8,10H2,1H3/t12-/m1/s1. The van der Waals surface area contributed by atoms with Crippen molar-refractivity contribution in [2.45, 2.75) is 31.1 Å². The molecule has 0 bridgehead atoms. The zero-order valence-corrected chi connectivity index (χ0v) is 14.0. The van der Waals surface area contributed by atoms with Crippen LogP contribution >= 0.6 is 0 Å². The third kappa shape index (κ3) is 3.29. The van der Waals surface area contributed by atoms with E-state index < -0.39 is 10.0 Å². The Bertz CT molecular complexity index is 871. The molecule has 0 spiro atoms. The second-order valence-electron chi connectivity index (χ2n) is 5.77. The fourth-order valence-electron chi connectivity index (χ4n) is 2.92. The summed E-state index contributed by atoms with van der Waals surface area (Å²) in [5, 5.41) is 13.0. The van der Waals surface area contributed by atoms with Crippen molar-refractivity contribution in [1.82, 2.24) is 19.4 Å². The van der Waals surface area contributed by atoms with E-state index in [9.17, 15) is 8.42 Å². The summed E-state index contributed by atoms with van der Waals surface area (Å²) in [6.07, 6.45) is 3.64. The number of aromatic nitrogens is 3. The van der Waals surface area contributed by atoms with Gasteiger partial charge in [0.25, 0.3) is 0 Å². The molecule has 1 aliphatic heterocycles. The largest absolute Gasteiger partial charge is 0.340 e. The number of nitriles is 1. The summed E-state index contributed by atoms with van der Waals surface area (Å²) < 4.78 is 32.1. The molecule has 3 heterocycles. The molecule has 126 valence electrons. The number of pyridine rings is 1. The zero-order valence-electron chi connectivity index (χ0n) is 13.2. The van der Waals surface area contributed by atoms with Gasteiger partial charge < -0.3 is 4.52 Å². The topological polar surface area (TPSA) is 113 Å². The first-order valence-corrected chi connectivity index (χ1v) is 9.09. The third-order valence-electron chi connectivity index (χ3n) is 4.02. The van der Waals surface area contributed by atoms with Gasteiger partial charge in [-0.25, -0.2) is 13.4 Å². The molecule has 0 aliphatic carbocycles. The van der Waals surface area contributed by atoms with E-state index in [4.69, 9.17) is 9.78 Å². The predicted octanol–water partition coefficient (Wildman–Crippen LogP) is 1.29. The Morgan fingerprint density at radius 2 is 2.33 bits per heavy atom. The lowest BCUT2D eigenvalue weighted by atomic mass is 9.96. The smallest absolute Gasteiger partial charge is 0.245 e. The molecule has 1 atom stereocenters. The summed E-state index contributed by atoms with van der Waals surface area (Å²) >= 11 is 0. The van der Waals surface area contributed by atoms with Gasteiger partial charge in [0.15, 0.2) is 11.5 Å². The van der Waals surface area contributed by atoms with Gasteiger partial charge in [-0.15, -0.1) is 0 Å². The molecule has 8 nitrogen and oxygen atoms in total. The van der Waals surface area contributed by atoms with Crippen LogP contribution in [-0.4, -0.2) is 40.9 Å². The average molecular weight is 347 g/mol. The monoisotopic (exact) mass is 347 g/mol. The van der Waals surface area contributed by atoms with Crippen LogP contribution in [0.15, 0.2) is 27.7 Å². The molecular formula is C15H17N5O3S. The van der Waals surface area contributed by atoms with Crippen molar-refractivity contribution in [2.24, 2.45) is 5.92 Å². The van der Waals surface area contributed by atoms with Crippen molar-refractivity contribution in [3.63, 3.8) is 0 Å². The van der Waals surface area contributed by atoms with Crippen LogP contribution in [0.2, 0.25) is 0 Å². The maximum Gasteiger partial charge on any atom is 0.245 e. The van der Waals surface area contributed by atoms with E-state index in [1.165, 1.54) is 22.6 Å². The first-order valence-electron chi connectivity index (χ1n) is 7.65. The number of sulfonamides is 1. The minimum absolute atomic E-state index is 0.0384. The third-order valence-corrected chi connectivity index (χ3v) is 5.91. The van der Waals surface area contributed by atoms with Crippen molar-refractivity contribution in [1.29, 1.82) is 5.26 Å². The maximum absolute atomic E-state index is 12.9. The van der Waals surface area contributed by atoms with Gasteiger partial charge >= 0.3 is 0 Å². The van der Waals surface area contributed by atoms with Gasteiger partial charge in [-0.3, -0.25) is 0 Å². The highest BCUT2D eigenvalue weighted by Crippen LogP contribution is 2.26. The number of hydrogen-bond donors (Lipinski definition) is 0. The van der Waals surface area contributed by atoms with Gasteiger partial charge in [0.2, 0.25) is 15.9 Å². The average Bonchev–Trinajstić information content (AvgIpc) is 3.00. The predicted molar refractivity (Wildman–Crippen MR) is 83.2 cm³/mol. The van der Waals surface area contributed by atoms with Crippen LogP contribution in [0.25, 0.3) is 0 Å². The molecule has 0 aromatic carbocycles. The van der Waals surface area contributed by atoms with Crippen LogP contribution in [0.5, 0.6) is 0 Å². The van der Waals surface area contributed by atoms with Crippen LogP contribution in [0.4, 0.5) is 0 Å². The Labute approximate surface area is 140 Å². The molecule has 2 aromatic rings. The zero-order chi connectivity index (χ0) is 17.2. The summed E-state index contributed by atoms with van der Waals surface area (Å²) in [5.74, 6) is 1.21. The Morgan fingerprint density at radius 1 is 1.50 bits per heavy atom. The van der Waals surface area contributed by atoms with Crippen molar-refractivity contribution >= 4 is 10.0 Å². The Balaban J connectivity index is 1.80. The lowest BCUT2D eigenvalue weighted by Gasteiger charge is -2.31. The van der Waals surface area contributed by atoms with Crippen molar-refractivity contribution in [3.05, 3.63) is 35.7 Å². The number of rotatable bonds is 4. The first kappa shape index (κ1) is 16.5. The van der Waals surface area contributed by atoms with Gasteiger partial charge in [-0.1, -0.05) is 5.16 Å². The summed E-state index contributed by atoms with van der Waals surface area (Å²) in [5.41, 5.74) is -0.0755. The molecule has 0 radical (unpaired) electrons. The van der Waals surface area contributed by atoms with E-state index in [0.29, 0.717) is 31.2 Å². The number of hydrogen-bond acceptors (Lipinski definition) is 7. The highest BCUT2D eigenvalue weighted by Gasteiger charge is 2.32. The number of nitrogens with zero attached hydrogens (tertiary/aromatic N) is 5. The highest BCUT2D eigenvalue weighted by molar-refractivity contribution is 7.89. The maximum atomic E-state index is 12.9. The molecule has 9 heteroatoms. The minimum atomic E-state index is -3.74. The summed E-state index contributed by atoms with van der Waals surface area (Å²) in [7, 11) is -3.74. The first-order chi connectivity index (χ1) is 11.5. The van der Waals surface area contributed by atoms with E-state index in [-0.39, 0.29) is 16.5 Å². The normalized spacial score (nSPS) is 19.1. The lowest BCUT2D eigenvalue weighted by molar-refractivity contribution is 0.261. The van der Waals surface area contributed by atoms with E-state index >= 15 is 0 Å². The second-order valence-corrected chi connectivity index (χ2v) is 7.67. The van der Waals surface area contributed by atoms with Crippen LogP contribution in [0.3, 0.4) is 0 Å². The van der Waals surface area contributed by atoms with Crippen molar-refractivity contribution < 1.29 is 12.9 Å². The number of aryl methyl sites for hydroxylation is 1. The van der Waals surface area contributed by atoms with Crippen LogP contribution < -0.4 is 0 Å². The second kappa shape index (κ2) is 6.67. The highest BCUT2D eigenvalue weighted by atomic mass is 32.2. The summed E-state index contributed by atoms with van der Waals surface area (Å²) in [6.45, 7) is 2.53. The van der Waals surface area contributed by atoms with E-state index in [2.05, 4.69) is 15.1 Å². The van der Waals surface area contributed by atoms with Crippen molar-refractivity contribution in [2.75, 3.05) is 13.1 Å². The Morgan fingerprint density at radius 3 is 3.04 bits per heavy atom. The van der Waals surface area contributed by atoms with Crippen LogP contribution in [0.1, 0.15) is 30.3 Å². The lowest BCUT2D eigenvalue weighted by Crippen LogP contribution is -2.40. The Kier molecular flexibility index (Phi) is 4.59. The fourth-order valence-corrected chi connectivity index (χ4v) is 4.56. The molecule has 0 saturated carbocycles. The van der Waals surface area contributed by atoms with Gasteiger partial charge in [-0.05, 0) is 30.9 Å². The molecule has 0 unspecified atom stereocenters. The summed E-state index contributed by atoms with van der Waals surface area (Å²) in [6, 6.07) is 4.79. The molecule has 1 fully saturated rings. The number of piperidine rings is 1. The quantitative estimate of drug-likeness (QED) is 0.818. The van der Waals surface area contributed by atoms with Crippen LogP contribution in [-0.2, 0) is 16.4 Å². The fraction of sp³-hybridized carbons (Fsp3) is 0.467. The van der Waals surface area contributed by atoms with E-state index in [1.54, 1.807) is 6.92 Å². The molecule has 1 saturated heterocycles. The van der Waals surface area contributed by atoms with E-state index in [0.717, 1.165) is 12.8 Å². The molecule has 2 aromatic heterocycles. The molecular weight excluding hydrogens is 330 g/mol. The molecule has 0 N–H and O–H groups in total. The SMILES string of the molecule is Cc1nc(C[C@H]2CCCN(S(=O)(=O)c3cccnc3C#N)C2)no1. The van der Waals surface area contributed by atoms with Gasteiger partial charge in [0, 0.05) is 32.6 Å². The van der Waals surface area contributed by atoms with Crippen LogP contribution in [0, 0.1) is 24.2 Å². The molecule has 3 rings (SSSR count). The Hall–Kier alpha value is -2.31. The summed E-state index contributed by atoms with van der Waals surface area (Å²) in [4.78, 5) is 7.99. The minimum Gasteiger partial charge on any atom is -0.340 e. The molecule has 1 aliphatic rings. The molecule has 24 heavy (non-hydrogen) atoms. The van der Waals surface area contributed by atoms with Gasteiger partial charge in [0.05, 0.1) is 0 Å². The van der Waals surface area contributed by atoms with Gasteiger partial charge in [0.1, 0.15) is 11.0 Å². The van der Waals surface area contributed by atoms with E-state index in [1.807, 2.05) is 6.07 Å². The van der Waals surface area contributed by atoms with Gasteiger partial charge in [-0.2, -0.15) is 14.6 Å². The van der Waals surface area contributed by atoms with Crippen molar-refractivity contribution in [3.8, 4) is 6.07 Å².